The summed E-state index contributed by atoms with van der Waals surface area (Å²) in [7, 11) is 3.94. The molecule has 0 aliphatic heterocycles. The van der Waals surface area contributed by atoms with Gasteiger partial charge in [0.2, 0.25) is 0 Å². The normalized spacial score (nSPS) is 11.4. The number of nitrogens with zero attached hydrogens (tertiary/aromatic N) is 3. The molecule has 0 spiro atoms. The maximum atomic E-state index is 12.5. The second-order valence-corrected chi connectivity index (χ2v) is 6.03. The van der Waals surface area contributed by atoms with Crippen LogP contribution in [0.3, 0.4) is 0 Å². The quantitative estimate of drug-likeness (QED) is 0.735. The number of amides is 1. The molecule has 0 aliphatic rings. The Morgan fingerprint density at radius 3 is 2.28 bits per heavy atom. The van der Waals surface area contributed by atoms with E-state index in [0.717, 1.165) is 11.3 Å². The van der Waals surface area contributed by atoms with Crippen LogP contribution in [0.25, 0.3) is 0 Å². The monoisotopic (exact) mass is 331 g/mol. The molecule has 3 rings (SSSR count). The van der Waals surface area contributed by atoms with Gasteiger partial charge in [0.15, 0.2) is 0 Å². The van der Waals surface area contributed by atoms with Crippen molar-refractivity contribution >= 4 is 11.6 Å². The predicted molar refractivity (Wildman–Crippen MR) is 101 cm³/mol. The molecule has 0 saturated heterocycles. The predicted octanol–water partition coefficient (Wildman–Crippen LogP) is 3.34. The third kappa shape index (κ3) is 4.23. The number of anilines is 1. The summed E-state index contributed by atoms with van der Waals surface area (Å²) >= 11 is 0. The Labute approximate surface area is 147 Å². The van der Waals surface area contributed by atoms with Gasteiger partial charge < -0.3 is 9.47 Å². The Balaban J connectivity index is 1.89. The number of rotatable bonds is 4. The van der Waals surface area contributed by atoms with E-state index >= 15 is 0 Å². The summed E-state index contributed by atoms with van der Waals surface area (Å²) in [5.41, 5.74) is 3.45. The fourth-order valence-corrected chi connectivity index (χ4v) is 2.55. The van der Waals surface area contributed by atoms with Crippen molar-refractivity contribution in [2.75, 3.05) is 19.0 Å². The summed E-state index contributed by atoms with van der Waals surface area (Å²) in [4.78, 5) is 18.8. The zero-order chi connectivity index (χ0) is 17.6. The Bertz CT molecular complexity index is 910. The summed E-state index contributed by atoms with van der Waals surface area (Å²) in [5, 5.41) is 0. The molecular formula is C21H21N3O. The number of hydrogen-bond donors (Lipinski definition) is 0. The number of carbonyl (C=O) groups is 1. The van der Waals surface area contributed by atoms with Crippen molar-refractivity contribution in [2.45, 2.75) is 6.54 Å². The fourth-order valence-electron chi connectivity index (χ4n) is 2.55. The summed E-state index contributed by atoms with van der Waals surface area (Å²) in [6.45, 7) is 0.674. The molecular weight excluding hydrogens is 310 g/mol. The minimum absolute atomic E-state index is 0.238. The molecule has 126 valence electrons. The van der Waals surface area contributed by atoms with Crippen LogP contribution in [0.5, 0.6) is 0 Å². The lowest BCUT2D eigenvalue weighted by atomic mass is 10.2. The largest absolute Gasteiger partial charge is 0.378 e. The van der Waals surface area contributed by atoms with Crippen molar-refractivity contribution in [3.05, 3.63) is 95.6 Å². The summed E-state index contributed by atoms with van der Waals surface area (Å²) in [6, 6.07) is 23.3. The van der Waals surface area contributed by atoms with E-state index in [1.807, 2.05) is 90.4 Å². The van der Waals surface area contributed by atoms with Crippen LogP contribution in [0.1, 0.15) is 15.9 Å². The maximum absolute atomic E-state index is 12.5. The Morgan fingerprint density at radius 2 is 1.60 bits per heavy atom. The topological polar surface area (TPSA) is 37.6 Å². The lowest BCUT2D eigenvalue weighted by Crippen LogP contribution is -2.22. The molecule has 2 aromatic carbocycles. The van der Waals surface area contributed by atoms with E-state index in [1.165, 1.54) is 0 Å². The Kier molecular flexibility index (Phi) is 5.09. The van der Waals surface area contributed by atoms with Gasteiger partial charge in [-0.2, -0.15) is 4.99 Å². The van der Waals surface area contributed by atoms with Gasteiger partial charge in [-0.3, -0.25) is 4.79 Å². The van der Waals surface area contributed by atoms with Crippen molar-refractivity contribution in [3.8, 4) is 0 Å². The van der Waals surface area contributed by atoms with Crippen LogP contribution in [0, 0.1) is 0 Å². The highest BCUT2D eigenvalue weighted by atomic mass is 16.1. The number of carbonyl (C=O) groups excluding carboxylic acids is 1. The van der Waals surface area contributed by atoms with Crippen LogP contribution < -0.4 is 10.4 Å². The SMILES string of the molecule is CN(C)c1ccc(C(=O)N=c2ccccn2Cc2ccccc2)cc1. The number of hydrogen-bond acceptors (Lipinski definition) is 2. The summed E-state index contributed by atoms with van der Waals surface area (Å²) < 4.78 is 1.97. The van der Waals surface area contributed by atoms with E-state index in [0.29, 0.717) is 17.6 Å². The van der Waals surface area contributed by atoms with Gasteiger partial charge >= 0.3 is 0 Å². The molecule has 0 fully saturated rings. The molecule has 0 unspecified atom stereocenters. The van der Waals surface area contributed by atoms with E-state index < -0.39 is 0 Å². The van der Waals surface area contributed by atoms with Crippen LogP contribution in [-0.2, 0) is 6.54 Å². The molecule has 25 heavy (non-hydrogen) atoms. The molecule has 0 aliphatic carbocycles. The molecule has 0 saturated carbocycles. The number of pyridine rings is 1. The second kappa shape index (κ2) is 7.62. The molecule has 0 N–H and O–H groups in total. The third-order valence-corrected chi connectivity index (χ3v) is 3.96. The molecule has 1 heterocycles. The minimum Gasteiger partial charge on any atom is -0.378 e. The summed E-state index contributed by atoms with van der Waals surface area (Å²) in [6.07, 6.45) is 1.94. The van der Waals surface area contributed by atoms with Crippen LogP contribution >= 0.6 is 0 Å². The van der Waals surface area contributed by atoms with Gasteiger partial charge in [0.25, 0.3) is 5.91 Å². The van der Waals surface area contributed by atoms with E-state index in [9.17, 15) is 4.79 Å². The molecule has 1 aromatic heterocycles. The van der Waals surface area contributed by atoms with Gasteiger partial charge in [-0.1, -0.05) is 36.4 Å². The lowest BCUT2D eigenvalue weighted by molar-refractivity contribution is 0.0997. The van der Waals surface area contributed by atoms with Crippen LogP contribution in [0.15, 0.2) is 84.0 Å². The highest BCUT2D eigenvalue weighted by Gasteiger charge is 2.05. The highest BCUT2D eigenvalue weighted by Crippen LogP contribution is 2.12. The number of benzene rings is 2. The standard InChI is InChI=1S/C21H21N3O/c1-23(2)19-13-11-18(12-14-19)21(25)22-20-10-6-7-15-24(20)16-17-8-4-3-5-9-17/h3-15H,16H2,1-2H3. The average Bonchev–Trinajstić information content (AvgIpc) is 2.64. The van der Waals surface area contributed by atoms with Gasteiger partial charge in [0.1, 0.15) is 5.49 Å². The third-order valence-electron chi connectivity index (χ3n) is 3.96. The van der Waals surface area contributed by atoms with Crippen molar-refractivity contribution < 1.29 is 4.79 Å². The first-order valence-corrected chi connectivity index (χ1v) is 8.19. The van der Waals surface area contributed by atoms with Crippen LogP contribution in [-0.4, -0.2) is 24.6 Å². The Hall–Kier alpha value is -3.14. The molecule has 1 amide bonds. The molecule has 3 aromatic rings. The molecule has 0 radical (unpaired) electrons. The van der Waals surface area contributed by atoms with Crippen molar-refractivity contribution in [3.63, 3.8) is 0 Å². The maximum Gasteiger partial charge on any atom is 0.278 e. The fraction of sp³-hybridized carbons (Fsp3) is 0.143. The van der Waals surface area contributed by atoms with E-state index in [4.69, 9.17) is 0 Å². The first kappa shape index (κ1) is 16.7. The molecule has 0 atom stereocenters. The minimum atomic E-state index is -0.238. The van der Waals surface area contributed by atoms with Gasteiger partial charge in [-0.15, -0.1) is 0 Å². The van der Waals surface area contributed by atoms with E-state index in [-0.39, 0.29) is 5.91 Å². The highest BCUT2D eigenvalue weighted by molar-refractivity contribution is 5.95. The average molecular weight is 331 g/mol. The van der Waals surface area contributed by atoms with Gasteiger partial charge in [0.05, 0.1) is 0 Å². The smallest absolute Gasteiger partial charge is 0.278 e. The van der Waals surface area contributed by atoms with Gasteiger partial charge in [-0.05, 0) is 42.0 Å². The summed E-state index contributed by atoms with van der Waals surface area (Å²) in [5.74, 6) is -0.238. The molecule has 4 nitrogen and oxygen atoms in total. The lowest BCUT2D eigenvalue weighted by Gasteiger charge is -2.12. The van der Waals surface area contributed by atoms with E-state index in [2.05, 4.69) is 17.1 Å². The molecule has 0 bridgehead atoms. The number of aromatic nitrogens is 1. The second-order valence-electron chi connectivity index (χ2n) is 6.03. The van der Waals surface area contributed by atoms with Gasteiger partial charge in [0, 0.05) is 38.1 Å². The zero-order valence-electron chi connectivity index (χ0n) is 14.5. The molecule has 4 heteroatoms. The first-order valence-electron chi connectivity index (χ1n) is 8.19. The first-order chi connectivity index (χ1) is 12.1. The van der Waals surface area contributed by atoms with E-state index in [1.54, 1.807) is 0 Å². The van der Waals surface area contributed by atoms with Crippen LogP contribution in [0.2, 0.25) is 0 Å². The van der Waals surface area contributed by atoms with Crippen molar-refractivity contribution in [1.82, 2.24) is 4.57 Å². The Morgan fingerprint density at radius 1 is 0.920 bits per heavy atom. The van der Waals surface area contributed by atoms with Crippen molar-refractivity contribution in [1.29, 1.82) is 0 Å². The van der Waals surface area contributed by atoms with Crippen LogP contribution in [0.4, 0.5) is 5.69 Å². The van der Waals surface area contributed by atoms with Crippen molar-refractivity contribution in [2.24, 2.45) is 4.99 Å². The zero-order valence-corrected chi connectivity index (χ0v) is 14.5. The van der Waals surface area contributed by atoms with Gasteiger partial charge in [-0.25, -0.2) is 0 Å².